The van der Waals surface area contributed by atoms with E-state index in [1.165, 1.54) is 13.2 Å². The fourth-order valence-corrected chi connectivity index (χ4v) is 6.76. The number of amides is 1. The maximum Gasteiger partial charge on any atom is 0.220 e. The lowest BCUT2D eigenvalue weighted by molar-refractivity contribution is -0.137. The lowest BCUT2D eigenvalue weighted by Gasteiger charge is -2.53. The van der Waals surface area contributed by atoms with Crippen LogP contribution in [0.5, 0.6) is 11.5 Å². The fourth-order valence-electron chi connectivity index (χ4n) is 6.50. The Morgan fingerprint density at radius 1 is 1.41 bits per heavy atom. The molecule has 0 aromatic heterocycles. The number of hydrogen-bond acceptors (Lipinski definition) is 4. The van der Waals surface area contributed by atoms with Crippen LogP contribution in [0.15, 0.2) is 12.1 Å². The maximum absolute atomic E-state index is 12.6. The van der Waals surface area contributed by atoms with Crippen LogP contribution in [-0.2, 0) is 9.53 Å². The highest BCUT2D eigenvalue weighted by molar-refractivity contribution is 6.31. The molecule has 1 amide bonds. The van der Waals surface area contributed by atoms with Crippen LogP contribution >= 0.6 is 11.6 Å². The van der Waals surface area contributed by atoms with Crippen molar-refractivity contribution in [2.45, 2.75) is 65.0 Å². The second kappa shape index (κ2) is 7.35. The first-order valence-corrected chi connectivity index (χ1v) is 11.1. The highest BCUT2D eigenvalue weighted by atomic mass is 35.5. The molecule has 0 radical (unpaired) electrons. The van der Waals surface area contributed by atoms with Crippen LogP contribution in [0, 0.1) is 22.7 Å². The van der Waals surface area contributed by atoms with E-state index in [9.17, 15) is 9.90 Å². The Morgan fingerprint density at radius 3 is 2.86 bits per heavy atom. The van der Waals surface area contributed by atoms with Gasteiger partial charge in [0.05, 0.1) is 18.2 Å². The van der Waals surface area contributed by atoms with Crippen molar-refractivity contribution in [1.82, 2.24) is 5.32 Å². The number of phenolic OH excluding ortho intramolecular Hbond substituents is 1. The molecule has 1 unspecified atom stereocenters. The van der Waals surface area contributed by atoms with Gasteiger partial charge in [-0.25, -0.2) is 0 Å². The summed E-state index contributed by atoms with van der Waals surface area (Å²) in [6, 6.07) is 3.49. The molecule has 1 heterocycles. The number of fused-ring (bicyclic) bond motifs is 1. The molecule has 6 heteroatoms. The second-order valence-corrected chi connectivity index (χ2v) is 10.0. The van der Waals surface area contributed by atoms with E-state index < -0.39 is 0 Å². The summed E-state index contributed by atoms with van der Waals surface area (Å²) in [7, 11) is 1.54. The molecule has 2 N–H and O–H groups in total. The highest BCUT2D eigenvalue weighted by Gasteiger charge is 2.68. The first-order valence-electron chi connectivity index (χ1n) is 10.7. The summed E-state index contributed by atoms with van der Waals surface area (Å²) in [5, 5.41) is 14.0. The molecular formula is C23H32ClNO4. The van der Waals surface area contributed by atoms with Crippen LogP contribution < -0.4 is 10.1 Å². The van der Waals surface area contributed by atoms with E-state index >= 15 is 0 Å². The Kier molecular flexibility index (Phi) is 5.27. The fraction of sp³-hybridized carbons (Fsp3) is 0.696. The molecule has 3 aliphatic rings. The smallest absolute Gasteiger partial charge is 0.220 e. The number of benzene rings is 1. The van der Waals surface area contributed by atoms with Gasteiger partial charge < -0.3 is 19.9 Å². The molecule has 1 saturated heterocycles. The van der Waals surface area contributed by atoms with Crippen LogP contribution in [0.3, 0.4) is 0 Å². The van der Waals surface area contributed by atoms with E-state index in [1.807, 2.05) is 13.0 Å². The zero-order valence-electron chi connectivity index (χ0n) is 17.8. The summed E-state index contributed by atoms with van der Waals surface area (Å²) < 4.78 is 11.6. The van der Waals surface area contributed by atoms with Crippen LogP contribution in [0.2, 0.25) is 5.02 Å². The van der Waals surface area contributed by atoms with Gasteiger partial charge in [-0.1, -0.05) is 32.4 Å². The van der Waals surface area contributed by atoms with Gasteiger partial charge in [0.2, 0.25) is 5.91 Å². The number of halogens is 1. The van der Waals surface area contributed by atoms with E-state index in [-0.39, 0.29) is 40.6 Å². The van der Waals surface area contributed by atoms with Crippen molar-refractivity contribution in [2.24, 2.45) is 22.7 Å². The SMILES string of the molecule is CCCC(=O)N[C@H]1C(C)(C)[C@@H]2C[C@@H]3[C@@H](c4cc(OC)c(O)cc4Cl)OCCC31C2. The lowest BCUT2D eigenvalue weighted by atomic mass is 9.58. The van der Waals surface area contributed by atoms with E-state index in [1.54, 1.807) is 0 Å². The van der Waals surface area contributed by atoms with E-state index in [4.69, 9.17) is 21.1 Å². The zero-order valence-corrected chi connectivity index (χ0v) is 18.5. The molecule has 2 bridgehead atoms. The number of phenols is 1. The van der Waals surface area contributed by atoms with Crippen molar-refractivity contribution in [3.63, 3.8) is 0 Å². The number of carbonyl (C=O) groups excluding carboxylic acids is 1. The largest absolute Gasteiger partial charge is 0.504 e. The highest BCUT2D eigenvalue weighted by Crippen LogP contribution is 2.70. The Bertz CT molecular complexity index is 810. The maximum atomic E-state index is 12.6. The number of ether oxygens (including phenoxy) is 2. The summed E-state index contributed by atoms with van der Waals surface area (Å²) in [6.07, 6.45) is 4.41. The van der Waals surface area contributed by atoms with Crippen LogP contribution in [-0.4, -0.2) is 30.8 Å². The number of rotatable bonds is 5. The average molecular weight is 422 g/mol. The predicted molar refractivity (Wildman–Crippen MR) is 112 cm³/mol. The van der Waals surface area contributed by atoms with Crippen molar-refractivity contribution in [3.05, 3.63) is 22.7 Å². The molecule has 1 aromatic rings. The van der Waals surface area contributed by atoms with Gasteiger partial charge in [-0.2, -0.15) is 0 Å². The number of methoxy groups -OCH3 is 1. The Hall–Kier alpha value is -1.46. The topological polar surface area (TPSA) is 67.8 Å². The van der Waals surface area contributed by atoms with E-state index in [0.29, 0.717) is 29.7 Å². The molecule has 1 aliphatic heterocycles. The normalized spacial score (nSPS) is 34.7. The molecule has 2 aliphatic carbocycles. The van der Waals surface area contributed by atoms with Gasteiger partial charge in [-0.15, -0.1) is 0 Å². The second-order valence-electron chi connectivity index (χ2n) is 9.64. The van der Waals surface area contributed by atoms with Gasteiger partial charge >= 0.3 is 0 Å². The van der Waals surface area contributed by atoms with E-state index in [2.05, 4.69) is 19.2 Å². The molecule has 160 valence electrons. The summed E-state index contributed by atoms with van der Waals surface area (Å²) in [5.41, 5.74) is 0.960. The molecular weight excluding hydrogens is 390 g/mol. The third-order valence-corrected chi connectivity index (χ3v) is 8.22. The first kappa shape index (κ1) is 20.8. The Balaban J connectivity index is 1.70. The van der Waals surface area contributed by atoms with Gasteiger partial charge in [-0.05, 0) is 54.4 Å². The third-order valence-electron chi connectivity index (χ3n) is 7.89. The number of hydrogen-bond donors (Lipinski definition) is 2. The summed E-state index contributed by atoms with van der Waals surface area (Å²) in [4.78, 5) is 12.6. The number of nitrogens with one attached hydrogen (secondary N) is 1. The molecule has 3 fully saturated rings. The molecule has 4 rings (SSSR count). The van der Waals surface area contributed by atoms with Gasteiger partial charge in [0.1, 0.15) is 0 Å². The van der Waals surface area contributed by atoms with Crippen molar-refractivity contribution in [1.29, 1.82) is 0 Å². The minimum absolute atomic E-state index is 0.0228. The quantitative estimate of drug-likeness (QED) is 0.712. The Morgan fingerprint density at radius 2 is 2.17 bits per heavy atom. The molecule has 5 nitrogen and oxygen atoms in total. The van der Waals surface area contributed by atoms with Crippen molar-refractivity contribution in [3.8, 4) is 11.5 Å². The summed E-state index contributed by atoms with van der Waals surface area (Å²) in [5.74, 6) is 1.42. The summed E-state index contributed by atoms with van der Waals surface area (Å²) in [6.45, 7) is 7.29. The van der Waals surface area contributed by atoms with Gasteiger partial charge in [0.15, 0.2) is 11.5 Å². The lowest BCUT2D eigenvalue weighted by Crippen LogP contribution is -2.58. The predicted octanol–water partition coefficient (Wildman–Crippen LogP) is 4.85. The first-order chi connectivity index (χ1) is 13.7. The zero-order chi connectivity index (χ0) is 21.0. The Labute approximate surface area is 178 Å². The van der Waals surface area contributed by atoms with Crippen LogP contribution in [0.4, 0.5) is 0 Å². The van der Waals surface area contributed by atoms with Crippen LogP contribution in [0.25, 0.3) is 0 Å². The minimum Gasteiger partial charge on any atom is -0.504 e. The van der Waals surface area contributed by atoms with Crippen molar-refractivity contribution < 1.29 is 19.4 Å². The molecule has 5 atom stereocenters. The van der Waals surface area contributed by atoms with E-state index in [0.717, 1.165) is 31.2 Å². The molecule has 1 aromatic carbocycles. The molecule has 2 saturated carbocycles. The van der Waals surface area contributed by atoms with Crippen molar-refractivity contribution in [2.75, 3.05) is 13.7 Å². The molecule has 29 heavy (non-hydrogen) atoms. The van der Waals surface area contributed by atoms with Crippen LogP contribution in [0.1, 0.15) is 64.5 Å². The van der Waals surface area contributed by atoms with Gasteiger partial charge in [-0.3, -0.25) is 4.79 Å². The monoisotopic (exact) mass is 421 g/mol. The minimum atomic E-state index is -0.155. The number of carbonyl (C=O) groups is 1. The average Bonchev–Trinajstić information content (AvgIpc) is 3.15. The van der Waals surface area contributed by atoms with Gasteiger partial charge in [0.25, 0.3) is 0 Å². The van der Waals surface area contributed by atoms with Gasteiger partial charge in [0, 0.05) is 30.7 Å². The van der Waals surface area contributed by atoms with Crippen molar-refractivity contribution >= 4 is 17.5 Å². The third kappa shape index (κ3) is 3.12. The standard InChI is InChI=1S/C23H32ClNO4/c1-5-6-19(27)25-21-22(2,3)13-9-15-20(29-8-7-23(15,21)12-13)14-10-18(28-4)17(26)11-16(14)24/h10-11,13,15,20-21,26H,5-9,12H2,1-4H3,(H,25,27)/t13-,15-,20-,21+,23?/m1/s1. The number of aromatic hydroxyl groups is 1. The molecule has 1 spiro atoms. The summed E-state index contributed by atoms with van der Waals surface area (Å²) >= 11 is 6.53.